The maximum Gasteiger partial charge on any atom is 0.478 e. The molecule has 0 aliphatic carbocycles. The van der Waals surface area contributed by atoms with Crippen molar-refractivity contribution in [2.24, 2.45) is 5.41 Å². The van der Waals surface area contributed by atoms with Crippen molar-refractivity contribution < 1.29 is 53.1 Å². The van der Waals surface area contributed by atoms with Crippen LogP contribution in [-0.4, -0.2) is 67.9 Å². The number of aliphatic hydroxyl groups is 3. The summed E-state index contributed by atoms with van der Waals surface area (Å²) in [4.78, 5) is 31.0. The van der Waals surface area contributed by atoms with E-state index in [2.05, 4.69) is 11.2 Å². The first-order valence-electron chi connectivity index (χ1n) is 10.7. The van der Waals surface area contributed by atoms with Crippen LogP contribution in [0.2, 0.25) is 0 Å². The molecule has 0 aromatic rings. The molecular weight excluding hydrogens is 454 g/mol. The SMILES string of the molecule is CCCCCCCCCCCCCOCC(CO)(CO)CO.O=P(O)(O)OP(=O)(O)O. The number of ether oxygens (including phenoxy) is 1. The highest BCUT2D eigenvalue weighted by Crippen LogP contribution is 2.53. The fraction of sp³-hybridized carbons (Fsp3) is 1.00. The molecule has 0 heterocycles. The molecule has 13 heteroatoms. The van der Waals surface area contributed by atoms with Crippen LogP contribution in [0.1, 0.15) is 77.6 Å². The van der Waals surface area contributed by atoms with Crippen LogP contribution in [0.25, 0.3) is 0 Å². The average molecular weight is 496 g/mol. The predicted molar refractivity (Wildman–Crippen MR) is 116 cm³/mol. The monoisotopic (exact) mass is 496 g/mol. The molecule has 190 valence electrons. The van der Waals surface area contributed by atoms with Gasteiger partial charge in [0.2, 0.25) is 0 Å². The molecule has 31 heavy (non-hydrogen) atoms. The maximum absolute atomic E-state index is 9.63. The third-order valence-corrected chi connectivity index (χ3v) is 6.22. The van der Waals surface area contributed by atoms with Crippen LogP contribution < -0.4 is 0 Å². The predicted octanol–water partition coefficient (Wildman–Crippen LogP) is 2.47. The molecule has 0 rings (SSSR count). The molecule has 11 nitrogen and oxygen atoms in total. The van der Waals surface area contributed by atoms with E-state index in [1.54, 1.807) is 0 Å². The molecule has 0 aromatic heterocycles. The third-order valence-electron chi connectivity index (χ3n) is 4.52. The van der Waals surface area contributed by atoms with Crippen LogP contribution in [0.4, 0.5) is 0 Å². The van der Waals surface area contributed by atoms with Crippen molar-refractivity contribution in [1.82, 2.24) is 0 Å². The number of aliphatic hydroxyl groups excluding tert-OH is 3. The molecule has 0 atom stereocenters. The lowest BCUT2D eigenvalue weighted by atomic mass is 9.93. The molecule has 0 aliphatic rings. The smallest absolute Gasteiger partial charge is 0.396 e. The van der Waals surface area contributed by atoms with E-state index in [0.717, 1.165) is 6.42 Å². The van der Waals surface area contributed by atoms with E-state index in [1.165, 1.54) is 64.2 Å². The van der Waals surface area contributed by atoms with Gasteiger partial charge < -0.3 is 39.6 Å². The van der Waals surface area contributed by atoms with Gasteiger partial charge in [-0.3, -0.25) is 0 Å². The summed E-state index contributed by atoms with van der Waals surface area (Å²) in [7, 11) is -10.1. The van der Waals surface area contributed by atoms with E-state index in [1.807, 2.05) is 0 Å². The largest absolute Gasteiger partial charge is 0.478 e. The Balaban J connectivity index is 0. The van der Waals surface area contributed by atoms with Crippen LogP contribution in [-0.2, 0) is 18.2 Å². The second-order valence-corrected chi connectivity index (χ2v) is 10.2. The van der Waals surface area contributed by atoms with Gasteiger partial charge in [-0.1, -0.05) is 71.1 Å². The summed E-state index contributed by atoms with van der Waals surface area (Å²) in [5.41, 5.74) is -0.891. The Hall–Kier alpha value is 0.100. The van der Waals surface area contributed by atoms with Gasteiger partial charge in [0.25, 0.3) is 0 Å². The van der Waals surface area contributed by atoms with E-state index in [9.17, 15) is 9.13 Å². The van der Waals surface area contributed by atoms with Crippen molar-refractivity contribution in [1.29, 1.82) is 0 Å². The molecule has 0 amide bonds. The number of hydrogen-bond acceptors (Lipinski definition) is 7. The normalized spacial score (nSPS) is 12.5. The van der Waals surface area contributed by atoms with Crippen molar-refractivity contribution in [3.8, 4) is 0 Å². The van der Waals surface area contributed by atoms with Crippen LogP contribution in [0.5, 0.6) is 0 Å². The Morgan fingerprint density at radius 3 is 1.29 bits per heavy atom. The van der Waals surface area contributed by atoms with Gasteiger partial charge in [0, 0.05) is 6.61 Å². The zero-order valence-electron chi connectivity index (χ0n) is 18.5. The first kappa shape index (κ1) is 33.3. The van der Waals surface area contributed by atoms with Crippen molar-refractivity contribution in [2.45, 2.75) is 77.6 Å². The zero-order valence-corrected chi connectivity index (χ0v) is 20.3. The van der Waals surface area contributed by atoms with Gasteiger partial charge in [-0.15, -0.1) is 0 Å². The van der Waals surface area contributed by atoms with Gasteiger partial charge in [0.15, 0.2) is 0 Å². The summed E-state index contributed by atoms with van der Waals surface area (Å²) in [6.07, 6.45) is 14.3. The lowest BCUT2D eigenvalue weighted by molar-refractivity contribution is -0.0582. The van der Waals surface area contributed by atoms with Gasteiger partial charge in [-0.25, -0.2) is 9.13 Å². The molecular formula is C18H42O11P2. The minimum Gasteiger partial charge on any atom is -0.396 e. The Kier molecular flexibility index (Phi) is 21.0. The Morgan fingerprint density at radius 1 is 0.645 bits per heavy atom. The minimum atomic E-state index is -5.05. The van der Waals surface area contributed by atoms with Crippen LogP contribution >= 0.6 is 15.6 Å². The molecule has 0 radical (unpaired) electrons. The molecule has 0 aromatic carbocycles. The van der Waals surface area contributed by atoms with Crippen LogP contribution in [0, 0.1) is 5.41 Å². The molecule has 0 spiro atoms. The number of rotatable bonds is 19. The summed E-state index contributed by atoms with van der Waals surface area (Å²) < 4.78 is 27.7. The fourth-order valence-electron chi connectivity index (χ4n) is 2.58. The van der Waals surface area contributed by atoms with Gasteiger partial charge in [0.05, 0.1) is 31.8 Å². The molecule has 0 aliphatic heterocycles. The van der Waals surface area contributed by atoms with E-state index in [4.69, 9.17) is 39.6 Å². The summed E-state index contributed by atoms with van der Waals surface area (Å²) in [6, 6.07) is 0. The Bertz CT molecular complexity index is 461. The van der Waals surface area contributed by atoms with Gasteiger partial charge in [-0.2, -0.15) is 4.31 Å². The molecule has 7 N–H and O–H groups in total. The van der Waals surface area contributed by atoms with E-state index in [0.29, 0.717) is 6.61 Å². The number of hydrogen-bond donors (Lipinski definition) is 7. The van der Waals surface area contributed by atoms with Crippen molar-refractivity contribution in [3.63, 3.8) is 0 Å². The van der Waals surface area contributed by atoms with Crippen LogP contribution in [0.15, 0.2) is 0 Å². The Morgan fingerprint density at radius 2 is 1.00 bits per heavy atom. The highest BCUT2D eigenvalue weighted by molar-refractivity contribution is 7.60. The quantitative estimate of drug-likeness (QED) is 0.103. The van der Waals surface area contributed by atoms with Gasteiger partial charge >= 0.3 is 15.6 Å². The van der Waals surface area contributed by atoms with Crippen LogP contribution in [0.3, 0.4) is 0 Å². The molecule has 0 unspecified atom stereocenters. The van der Waals surface area contributed by atoms with Gasteiger partial charge in [0.1, 0.15) is 0 Å². The van der Waals surface area contributed by atoms with Crippen molar-refractivity contribution in [2.75, 3.05) is 33.0 Å². The lowest BCUT2D eigenvalue weighted by Gasteiger charge is -2.26. The zero-order chi connectivity index (χ0) is 24.2. The average Bonchev–Trinajstić information content (AvgIpc) is 2.67. The van der Waals surface area contributed by atoms with E-state index < -0.39 is 21.1 Å². The van der Waals surface area contributed by atoms with Crippen molar-refractivity contribution in [3.05, 3.63) is 0 Å². The first-order chi connectivity index (χ1) is 14.4. The van der Waals surface area contributed by atoms with E-state index >= 15 is 0 Å². The second kappa shape index (κ2) is 19.6. The number of unbranched alkanes of at least 4 members (excludes halogenated alkanes) is 10. The number of phosphoric acid groups is 2. The highest BCUT2D eigenvalue weighted by Gasteiger charge is 2.28. The molecule has 0 fully saturated rings. The lowest BCUT2D eigenvalue weighted by Crippen LogP contribution is -2.38. The standard InChI is InChI=1S/C18H38O4.H4O7P2/c1-2-3-4-5-6-7-8-9-10-11-12-13-22-17-18(14-19,15-20)16-21;1-8(2,3)7-9(4,5)6/h19-21H,2-17H2,1H3;(H2,1,2,3)(H2,4,5,6). The minimum absolute atomic E-state index is 0.217. The second-order valence-electron chi connectivity index (χ2n) is 7.63. The van der Waals surface area contributed by atoms with Crippen molar-refractivity contribution >= 4 is 15.6 Å². The van der Waals surface area contributed by atoms with E-state index in [-0.39, 0.29) is 26.4 Å². The summed E-state index contributed by atoms with van der Waals surface area (Å²) in [5, 5.41) is 27.5. The highest BCUT2D eigenvalue weighted by atomic mass is 31.3. The molecule has 0 saturated heterocycles. The molecule has 0 saturated carbocycles. The fourth-order valence-corrected chi connectivity index (χ4v) is 3.69. The molecule has 0 bridgehead atoms. The summed E-state index contributed by atoms with van der Waals surface area (Å²) >= 11 is 0. The summed E-state index contributed by atoms with van der Waals surface area (Å²) in [6.45, 7) is 2.35. The van der Waals surface area contributed by atoms with Gasteiger partial charge in [-0.05, 0) is 6.42 Å². The summed E-state index contributed by atoms with van der Waals surface area (Å²) in [5.74, 6) is 0. The Labute approximate surface area is 185 Å². The third kappa shape index (κ3) is 24.6. The first-order valence-corrected chi connectivity index (χ1v) is 13.7. The maximum atomic E-state index is 9.63. The topological polar surface area (TPSA) is 194 Å².